The van der Waals surface area contributed by atoms with Gasteiger partial charge >= 0.3 is 0 Å². The largest absolute Gasteiger partial charge is 0.496 e. The summed E-state index contributed by atoms with van der Waals surface area (Å²) in [7, 11) is 3.31. The number of fused-ring (bicyclic) bond motifs is 1. The summed E-state index contributed by atoms with van der Waals surface area (Å²) in [4.78, 5) is 0. The van der Waals surface area contributed by atoms with Gasteiger partial charge in [0, 0.05) is 5.39 Å². The van der Waals surface area contributed by atoms with Crippen molar-refractivity contribution in [1.29, 1.82) is 0 Å². The minimum absolute atomic E-state index is 0.634. The van der Waals surface area contributed by atoms with Gasteiger partial charge in [-0.2, -0.15) is 0 Å². The topological polar surface area (TPSA) is 44.5 Å². The van der Waals surface area contributed by atoms with Crippen LogP contribution in [-0.2, 0) is 0 Å². The average Bonchev–Trinajstić information content (AvgIpc) is 2.53. The number of anilines is 1. The van der Waals surface area contributed by atoms with Gasteiger partial charge < -0.3 is 15.2 Å². The van der Waals surface area contributed by atoms with E-state index in [9.17, 15) is 0 Å². The first-order chi connectivity index (χ1) is 10.2. The highest BCUT2D eigenvalue weighted by Crippen LogP contribution is 2.36. The molecule has 0 saturated carbocycles. The summed E-state index contributed by atoms with van der Waals surface area (Å²) >= 11 is 0. The Morgan fingerprint density at radius 2 is 1.43 bits per heavy atom. The number of hydrogen-bond donors (Lipinski definition) is 1. The van der Waals surface area contributed by atoms with Gasteiger partial charge in [0.25, 0.3) is 0 Å². The van der Waals surface area contributed by atoms with E-state index < -0.39 is 0 Å². The van der Waals surface area contributed by atoms with E-state index in [1.165, 1.54) is 0 Å². The predicted molar refractivity (Wildman–Crippen MR) is 86.9 cm³/mol. The Balaban J connectivity index is 2.23. The van der Waals surface area contributed by atoms with Crippen LogP contribution in [0.4, 0.5) is 5.69 Å². The van der Waals surface area contributed by atoms with Crippen molar-refractivity contribution < 1.29 is 9.47 Å². The molecule has 3 heteroatoms. The van der Waals surface area contributed by atoms with E-state index in [1.54, 1.807) is 14.2 Å². The lowest BCUT2D eigenvalue weighted by Crippen LogP contribution is -1.93. The highest BCUT2D eigenvalue weighted by molar-refractivity contribution is 6.00. The van der Waals surface area contributed by atoms with Crippen LogP contribution in [0.25, 0.3) is 21.9 Å². The van der Waals surface area contributed by atoms with Crippen LogP contribution in [0.3, 0.4) is 0 Å². The van der Waals surface area contributed by atoms with Crippen LogP contribution in [0.2, 0.25) is 0 Å². The van der Waals surface area contributed by atoms with Gasteiger partial charge in [0.2, 0.25) is 0 Å². The average molecular weight is 279 g/mol. The van der Waals surface area contributed by atoms with E-state index in [0.717, 1.165) is 27.6 Å². The lowest BCUT2D eigenvalue weighted by atomic mass is 9.97. The minimum atomic E-state index is 0.634. The second kappa shape index (κ2) is 5.37. The fourth-order valence-corrected chi connectivity index (χ4v) is 2.60. The molecule has 2 N–H and O–H groups in total. The molecule has 0 aliphatic heterocycles. The minimum Gasteiger partial charge on any atom is -0.496 e. The van der Waals surface area contributed by atoms with Gasteiger partial charge in [-0.1, -0.05) is 36.4 Å². The molecule has 3 nitrogen and oxygen atoms in total. The van der Waals surface area contributed by atoms with E-state index >= 15 is 0 Å². The van der Waals surface area contributed by atoms with Crippen LogP contribution >= 0.6 is 0 Å². The Morgan fingerprint density at radius 1 is 0.762 bits per heavy atom. The SMILES string of the molecule is COc1ccc(-c2ccc(OC)c3ccccc23)cc1N. The number of hydrogen-bond acceptors (Lipinski definition) is 3. The molecule has 21 heavy (non-hydrogen) atoms. The summed E-state index contributed by atoms with van der Waals surface area (Å²) in [5, 5.41) is 2.23. The molecule has 0 unspecified atom stereocenters. The first-order valence-corrected chi connectivity index (χ1v) is 6.74. The Morgan fingerprint density at radius 3 is 2.10 bits per heavy atom. The first kappa shape index (κ1) is 13.3. The Hall–Kier alpha value is -2.68. The van der Waals surface area contributed by atoms with E-state index in [1.807, 2.05) is 36.4 Å². The molecule has 0 fully saturated rings. The normalized spacial score (nSPS) is 10.6. The van der Waals surface area contributed by atoms with Crippen molar-refractivity contribution in [3.05, 3.63) is 54.6 Å². The third-order valence-corrected chi connectivity index (χ3v) is 3.64. The van der Waals surface area contributed by atoms with E-state index in [4.69, 9.17) is 15.2 Å². The third-order valence-electron chi connectivity index (χ3n) is 3.64. The van der Waals surface area contributed by atoms with Gasteiger partial charge in [-0.3, -0.25) is 0 Å². The number of nitrogen functional groups attached to an aromatic ring is 1. The highest BCUT2D eigenvalue weighted by atomic mass is 16.5. The van der Waals surface area contributed by atoms with Crippen molar-refractivity contribution in [1.82, 2.24) is 0 Å². The summed E-state index contributed by atoms with van der Waals surface area (Å²) < 4.78 is 10.6. The molecule has 0 amide bonds. The van der Waals surface area contributed by atoms with Gasteiger partial charge in [-0.15, -0.1) is 0 Å². The summed E-state index contributed by atoms with van der Waals surface area (Å²) in [6.07, 6.45) is 0. The molecule has 106 valence electrons. The maximum absolute atomic E-state index is 6.02. The lowest BCUT2D eigenvalue weighted by molar-refractivity contribution is 0.417. The molecular weight excluding hydrogens is 262 g/mol. The number of methoxy groups -OCH3 is 2. The van der Waals surface area contributed by atoms with Crippen LogP contribution in [0, 0.1) is 0 Å². The zero-order chi connectivity index (χ0) is 14.8. The fourth-order valence-electron chi connectivity index (χ4n) is 2.60. The number of benzene rings is 3. The molecule has 3 aromatic rings. The number of nitrogens with two attached hydrogens (primary N) is 1. The van der Waals surface area contributed by atoms with Gasteiger partial charge in [0.1, 0.15) is 11.5 Å². The van der Waals surface area contributed by atoms with Crippen LogP contribution < -0.4 is 15.2 Å². The molecular formula is C18H17NO2. The fraction of sp³-hybridized carbons (Fsp3) is 0.111. The zero-order valence-corrected chi connectivity index (χ0v) is 12.1. The molecule has 0 aliphatic rings. The molecule has 3 rings (SSSR count). The molecule has 0 aliphatic carbocycles. The number of rotatable bonds is 3. The molecule has 0 bridgehead atoms. The van der Waals surface area contributed by atoms with E-state index in [-0.39, 0.29) is 0 Å². The maximum atomic E-state index is 6.02. The Kier molecular flexibility index (Phi) is 3.40. The van der Waals surface area contributed by atoms with E-state index in [0.29, 0.717) is 11.4 Å². The predicted octanol–water partition coefficient (Wildman–Crippen LogP) is 4.11. The van der Waals surface area contributed by atoms with Crippen molar-refractivity contribution in [2.45, 2.75) is 0 Å². The summed E-state index contributed by atoms with van der Waals surface area (Å²) in [5.41, 5.74) is 8.84. The van der Waals surface area contributed by atoms with Crippen LogP contribution in [0.1, 0.15) is 0 Å². The molecule has 0 spiro atoms. The van der Waals surface area contributed by atoms with Gasteiger partial charge in [-0.25, -0.2) is 0 Å². The monoisotopic (exact) mass is 279 g/mol. The summed E-state index contributed by atoms with van der Waals surface area (Å²) in [6.45, 7) is 0. The first-order valence-electron chi connectivity index (χ1n) is 6.74. The quantitative estimate of drug-likeness (QED) is 0.734. The maximum Gasteiger partial charge on any atom is 0.141 e. The molecule has 0 heterocycles. The molecule has 0 radical (unpaired) electrons. The molecule has 0 atom stereocenters. The van der Waals surface area contributed by atoms with Crippen LogP contribution in [-0.4, -0.2) is 14.2 Å². The van der Waals surface area contributed by atoms with Crippen molar-refractivity contribution in [2.24, 2.45) is 0 Å². The van der Waals surface area contributed by atoms with Gasteiger partial charge in [-0.05, 0) is 34.7 Å². The second-order valence-corrected chi connectivity index (χ2v) is 4.82. The van der Waals surface area contributed by atoms with Crippen molar-refractivity contribution in [3.8, 4) is 22.6 Å². The lowest BCUT2D eigenvalue weighted by Gasteiger charge is -2.12. The standard InChI is InChI=1S/C18H17NO2/c1-20-17-10-8-13(14-5-3-4-6-15(14)17)12-7-9-18(21-2)16(19)11-12/h3-11H,19H2,1-2H3. The van der Waals surface area contributed by atoms with Crippen molar-refractivity contribution in [3.63, 3.8) is 0 Å². The van der Waals surface area contributed by atoms with Crippen molar-refractivity contribution >= 4 is 16.5 Å². The van der Waals surface area contributed by atoms with Crippen molar-refractivity contribution in [2.75, 3.05) is 20.0 Å². The van der Waals surface area contributed by atoms with Crippen LogP contribution in [0.15, 0.2) is 54.6 Å². The van der Waals surface area contributed by atoms with E-state index in [2.05, 4.69) is 18.2 Å². The smallest absolute Gasteiger partial charge is 0.141 e. The molecule has 0 saturated heterocycles. The Labute approximate surface area is 123 Å². The van der Waals surface area contributed by atoms with Gasteiger partial charge in [0.05, 0.1) is 19.9 Å². The summed E-state index contributed by atoms with van der Waals surface area (Å²) in [6, 6.07) is 18.1. The molecule has 3 aromatic carbocycles. The summed E-state index contributed by atoms with van der Waals surface area (Å²) in [5.74, 6) is 1.56. The third kappa shape index (κ3) is 2.27. The highest BCUT2D eigenvalue weighted by Gasteiger charge is 2.09. The zero-order valence-electron chi connectivity index (χ0n) is 12.1. The molecule has 0 aromatic heterocycles. The van der Waals surface area contributed by atoms with Crippen LogP contribution in [0.5, 0.6) is 11.5 Å². The number of ether oxygens (including phenoxy) is 2. The second-order valence-electron chi connectivity index (χ2n) is 4.82. The van der Waals surface area contributed by atoms with Gasteiger partial charge in [0.15, 0.2) is 0 Å². The Bertz CT molecular complexity index is 796.